The Kier molecular flexibility index (Phi) is 5.62. The van der Waals surface area contributed by atoms with Gasteiger partial charge in [-0.15, -0.1) is 0 Å². The summed E-state index contributed by atoms with van der Waals surface area (Å²) >= 11 is 0. The van der Waals surface area contributed by atoms with Crippen LogP contribution in [-0.4, -0.2) is 41.3 Å². The molecule has 0 unspecified atom stereocenters. The van der Waals surface area contributed by atoms with Gasteiger partial charge in [0.15, 0.2) is 0 Å². The molecule has 0 aliphatic heterocycles. The van der Waals surface area contributed by atoms with E-state index < -0.39 is 24.7 Å². The third-order valence-electron chi connectivity index (χ3n) is 2.44. The molecule has 9 heteroatoms. The number of nitrogens with one attached hydrogen (secondary N) is 1. The number of urea groups is 1. The molecular formula is C12H15F3N2O4. The molecule has 2 N–H and O–H groups in total. The first-order valence-corrected chi connectivity index (χ1v) is 6.14. The number of carboxylic acids is 1. The van der Waals surface area contributed by atoms with Crippen LogP contribution in [0.15, 0.2) is 16.5 Å². The normalized spacial score (nSPS) is 11.2. The summed E-state index contributed by atoms with van der Waals surface area (Å²) in [4.78, 5) is 22.9. The number of halogens is 3. The highest BCUT2D eigenvalue weighted by molar-refractivity contribution is 5.84. The number of rotatable bonds is 6. The van der Waals surface area contributed by atoms with E-state index in [0.29, 0.717) is 11.3 Å². The second kappa shape index (κ2) is 7.00. The van der Waals surface area contributed by atoms with Gasteiger partial charge in [-0.3, -0.25) is 0 Å². The molecule has 1 aromatic rings. The highest BCUT2D eigenvalue weighted by Gasteiger charge is 2.32. The van der Waals surface area contributed by atoms with Gasteiger partial charge in [0.1, 0.15) is 12.3 Å². The van der Waals surface area contributed by atoms with Crippen molar-refractivity contribution in [3.8, 4) is 0 Å². The number of carbonyl (C=O) groups is 2. The molecule has 0 bridgehead atoms. The minimum atomic E-state index is -4.48. The summed E-state index contributed by atoms with van der Waals surface area (Å²) < 4.78 is 41.9. The minimum absolute atomic E-state index is 0.0378. The van der Waals surface area contributed by atoms with Crippen molar-refractivity contribution >= 4 is 12.0 Å². The molecular weight excluding hydrogens is 293 g/mol. The Morgan fingerprint density at radius 2 is 2.05 bits per heavy atom. The van der Waals surface area contributed by atoms with E-state index in [9.17, 15) is 22.8 Å². The molecule has 1 aromatic heterocycles. The van der Waals surface area contributed by atoms with Crippen molar-refractivity contribution in [1.82, 2.24) is 10.2 Å². The van der Waals surface area contributed by atoms with Crippen molar-refractivity contribution in [2.45, 2.75) is 26.1 Å². The molecule has 0 saturated carbocycles. The molecule has 1 heterocycles. The predicted molar refractivity (Wildman–Crippen MR) is 65.8 cm³/mol. The average Bonchev–Trinajstić information content (AvgIpc) is 2.82. The summed E-state index contributed by atoms with van der Waals surface area (Å²) in [6, 6.07) is 1.64. The molecule has 0 aliphatic carbocycles. The van der Waals surface area contributed by atoms with Gasteiger partial charge >= 0.3 is 18.2 Å². The summed E-state index contributed by atoms with van der Waals surface area (Å²) in [5.41, 5.74) is 0. The summed E-state index contributed by atoms with van der Waals surface area (Å²) in [7, 11) is 0. The zero-order chi connectivity index (χ0) is 16.0. The third kappa shape index (κ3) is 5.76. The fourth-order valence-corrected chi connectivity index (χ4v) is 1.60. The molecule has 0 atom stereocenters. The summed E-state index contributed by atoms with van der Waals surface area (Å²) in [5, 5.41) is 10.9. The highest BCUT2D eigenvalue weighted by Crippen LogP contribution is 2.17. The van der Waals surface area contributed by atoms with Crippen molar-refractivity contribution in [2.75, 3.05) is 13.1 Å². The average molecular weight is 308 g/mol. The van der Waals surface area contributed by atoms with Gasteiger partial charge in [0, 0.05) is 6.54 Å². The first kappa shape index (κ1) is 16.9. The number of nitrogens with zero attached hydrogens (tertiary/aromatic N) is 1. The van der Waals surface area contributed by atoms with Gasteiger partial charge in [0.25, 0.3) is 0 Å². The molecule has 0 spiro atoms. The number of alkyl halides is 3. The second-order valence-electron chi connectivity index (χ2n) is 4.27. The van der Waals surface area contributed by atoms with Crippen LogP contribution in [0.2, 0.25) is 0 Å². The largest absolute Gasteiger partial charge is 0.475 e. The molecule has 0 fully saturated rings. The highest BCUT2D eigenvalue weighted by atomic mass is 19.4. The smallest absolute Gasteiger partial charge is 0.406 e. The van der Waals surface area contributed by atoms with Crippen LogP contribution in [0.1, 0.15) is 29.7 Å². The lowest BCUT2D eigenvalue weighted by Crippen LogP contribution is -2.44. The Morgan fingerprint density at radius 3 is 2.52 bits per heavy atom. The Bertz CT molecular complexity index is 499. The maximum absolute atomic E-state index is 12.3. The standard InChI is InChI=1S/C12H15F3N2O4/c1-2-5-17(7-12(13,14)15)11(20)16-6-8-3-4-9(21-8)10(18)19/h3-4H,2,5-7H2,1H3,(H,16,20)(H,18,19). The van der Waals surface area contributed by atoms with Gasteiger partial charge in [-0.25, -0.2) is 9.59 Å². The number of hydrogen-bond acceptors (Lipinski definition) is 3. The first-order valence-electron chi connectivity index (χ1n) is 6.14. The molecule has 118 valence electrons. The van der Waals surface area contributed by atoms with E-state index >= 15 is 0 Å². The fraction of sp³-hybridized carbons (Fsp3) is 0.500. The van der Waals surface area contributed by atoms with Crippen LogP contribution in [-0.2, 0) is 6.54 Å². The zero-order valence-electron chi connectivity index (χ0n) is 11.2. The van der Waals surface area contributed by atoms with Crippen LogP contribution in [0, 0.1) is 0 Å². The van der Waals surface area contributed by atoms with Crippen LogP contribution in [0.5, 0.6) is 0 Å². The zero-order valence-corrected chi connectivity index (χ0v) is 11.2. The van der Waals surface area contributed by atoms with Gasteiger partial charge in [-0.2, -0.15) is 13.2 Å². The quantitative estimate of drug-likeness (QED) is 0.845. The molecule has 0 aromatic carbocycles. The maximum Gasteiger partial charge on any atom is 0.406 e. The molecule has 2 amide bonds. The lowest BCUT2D eigenvalue weighted by atomic mass is 10.4. The number of amides is 2. The Morgan fingerprint density at radius 1 is 1.38 bits per heavy atom. The fourth-order valence-electron chi connectivity index (χ4n) is 1.60. The van der Waals surface area contributed by atoms with E-state index in [1.165, 1.54) is 12.1 Å². The topological polar surface area (TPSA) is 82.8 Å². The second-order valence-corrected chi connectivity index (χ2v) is 4.27. The first-order chi connectivity index (χ1) is 9.73. The maximum atomic E-state index is 12.3. The Balaban J connectivity index is 2.58. The number of carbonyl (C=O) groups excluding carboxylic acids is 1. The van der Waals surface area contributed by atoms with Gasteiger partial charge in [0.05, 0.1) is 6.54 Å². The molecule has 1 rings (SSSR count). The summed E-state index contributed by atoms with van der Waals surface area (Å²) in [6.07, 6.45) is -4.10. The molecule has 6 nitrogen and oxygen atoms in total. The summed E-state index contributed by atoms with van der Waals surface area (Å²) in [6.45, 7) is 0.0849. The Labute approximate surface area is 118 Å². The van der Waals surface area contributed by atoms with Crippen molar-refractivity contribution in [1.29, 1.82) is 0 Å². The number of furan rings is 1. The van der Waals surface area contributed by atoms with Crippen molar-refractivity contribution in [3.63, 3.8) is 0 Å². The van der Waals surface area contributed by atoms with Crippen LogP contribution in [0.3, 0.4) is 0 Å². The lowest BCUT2D eigenvalue weighted by Gasteiger charge is -2.23. The van der Waals surface area contributed by atoms with Gasteiger partial charge in [-0.1, -0.05) is 6.92 Å². The van der Waals surface area contributed by atoms with E-state index in [0.717, 1.165) is 0 Å². The molecule has 0 saturated heterocycles. The lowest BCUT2D eigenvalue weighted by molar-refractivity contribution is -0.140. The van der Waals surface area contributed by atoms with E-state index in [1.54, 1.807) is 6.92 Å². The molecule has 21 heavy (non-hydrogen) atoms. The SMILES string of the molecule is CCCN(CC(F)(F)F)C(=O)NCc1ccc(C(=O)O)o1. The van der Waals surface area contributed by atoms with Crippen molar-refractivity contribution in [2.24, 2.45) is 0 Å². The summed E-state index contributed by atoms with van der Waals surface area (Å²) in [5.74, 6) is -1.43. The van der Waals surface area contributed by atoms with E-state index in [2.05, 4.69) is 5.32 Å². The van der Waals surface area contributed by atoms with Gasteiger partial charge < -0.3 is 19.7 Å². The van der Waals surface area contributed by atoms with Crippen LogP contribution in [0.4, 0.5) is 18.0 Å². The van der Waals surface area contributed by atoms with Crippen molar-refractivity contribution < 1.29 is 32.3 Å². The molecule has 0 radical (unpaired) electrons. The van der Waals surface area contributed by atoms with Gasteiger partial charge in [-0.05, 0) is 18.6 Å². The Hall–Kier alpha value is -2.19. The number of carboxylic acid groups (broad SMARTS) is 1. The minimum Gasteiger partial charge on any atom is -0.475 e. The molecule has 0 aliphatic rings. The van der Waals surface area contributed by atoms with E-state index in [1.807, 2.05) is 0 Å². The van der Waals surface area contributed by atoms with E-state index in [-0.39, 0.29) is 24.6 Å². The van der Waals surface area contributed by atoms with E-state index in [4.69, 9.17) is 9.52 Å². The van der Waals surface area contributed by atoms with Gasteiger partial charge in [0.2, 0.25) is 5.76 Å². The van der Waals surface area contributed by atoms with Crippen LogP contribution < -0.4 is 5.32 Å². The van der Waals surface area contributed by atoms with Crippen LogP contribution in [0.25, 0.3) is 0 Å². The van der Waals surface area contributed by atoms with Crippen molar-refractivity contribution in [3.05, 3.63) is 23.7 Å². The third-order valence-corrected chi connectivity index (χ3v) is 2.44. The monoisotopic (exact) mass is 308 g/mol. The predicted octanol–water partition coefficient (Wildman–Crippen LogP) is 2.46. The van der Waals surface area contributed by atoms with Crippen LogP contribution >= 0.6 is 0 Å². The number of aromatic carboxylic acids is 1. The number of hydrogen-bond donors (Lipinski definition) is 2.